The van der Waals surface area contributed by atoms with Crippen molar-refractivity contribution in [2.24, 2.45) is 11.7 Å². The highest BCUT2D eigenvalue weighted by molar-refractivity contribution is 7.92. The van der Waals surface area contributed by atoms with E-state index in [4.69, 9.17) is 5.73 Å². The molecule has 20 heavy (non-hydrogen) atoms. The smallest absolute Gasteiger partial charge is 0.233 e. The average molecular weight is 296 g/mol. The molecule has 1 aromatic rings. The number of nitrogens with one attached hydrogen (secondary N) is 1. The molecule has 1 aliphatic rings. The lowest BCUT2D eigenvalue weighted by Crippen LogP contribution is -2.25. The maximum absolute atomic E-state index is 12.3. The van der Waals surface area contributed by atoms with E-state index in [0.29, 0.717) is 11.6 Å². The molecule has 1 unspecified atom stereocenters. The van der Waals surface area contributed by atoms with Gasteiger partial charge in [-0.2, -0.15) is 0 Å². The Morgan fingerprint density at radius 3 is 2.55 bits per heavy atom. The lowest BCUT2D eigenvalue weighted by atomic mass is 9.91. The molecule has 1 aliphatic carbocycles. The van der Waals surface area contributed by atoms with Crippen molar-refractivity contribution >= 4 is 15.7 Å². The number of hydrogen-bond acceptors (Lipinski definition) is 3. The SMILES string of the molecule is CC(N)c1ccccc1NS(=O)(=O)CC1CCCCC1. The van der Waals surface area contributed by atoms with Crippen molar-refractivity contribution in [1.82, 2.24) is 0 Å². The zero-order chi connectivity index (χ0) is 14.6. The molecular weight excluding hydrogens is 272 g/mol. The maximum atomic E-state index is 12.3. The Balaban J connectivity index is 2.08. The second-order valence-electron chi connectivity index (χ2n) is 5.76. The largest absolute Gasteiger partial charge is 0.324 e. The van der Waals surface area contributed by atoms with Crippen molar-refractivity contribution < 1.29 is 8.42 Å². The molecule has 5 heteroatoms. The number of hydrogen-bond donors (Lipinski definition) is 2. The van der Waals surface area contributed by atoms with Gasteiger partial charge in [-0.3, -0.25) is 4.72 Å². The fourth-order valence-electron chi connectivity index (χ4n) is 2.86. The Bertz CT molecular complexity index is 535. The number of benzene rings is 1. The Morgan fingerprint density at radius 2 is 1.90 bits per heavy atom. The maximum Gasteiger partial charge on any atom is 0.233 e. The number of para-hydroxylation sites is 1. The first-order valence-electron chi connectivity index (χ1n) is 7.33. The van der Waals surface area contributed by atoms with E-state index in [0.717, 1.165) is 31.2 Å². The van der Waals surface area contributed by atoms with Gasteiger partial charge < -0.3 is 5.73 Å². The van der Waals surface area contributed by atoms with Gasteiger partial charge in [0, 0.05) is 6.04 Å². The molecule has 2 rings (SSSR count). The van der Waals surface area contributed by atoms with Gasteiger partial charge in [-0.15, -0.1) is 0 Å². The first-order valence-corrected chi connectivity index (χ1v) is 8.98. The van der Waals surface area contributed by atoms with E-state index in [1.54, 1.807) is 6.07 Å². The fourth-order valence-corrected chi connectivity index (χ4v) is 4.42. The quantitative estimate of drug-likeness (QED) is 0.877. The van der Waals surface area contributed by atoms with Crippen molar-refractivity contribution in [3.05, 3.63) is 29.8 Å². The van der Waals surface area contributed by atoms with Crippen molar-refractivity contribution in [3.63, 3.8) is 0 Å². The average Bonchev–Trinajstić information content (AvgIpc) is 2.39. The summed E-state index contributed by atoms with van der Waals surface area (Å²) in [6, 6.07) is 7.14. The molecule has 0 aliphatic heterocycles. The molecule has 112 valence electrons. The fraction of sp³-hybridized carbons (Fsp3) is 0.600. The molecule has 3 N–H and O–H groups in total. The topological polar surface area (TPSA) is 72.2 Å². The molecule has 1 aromatic carbocycles. The van der Waals surface area contributed by atoms with Gasteiger partial charge >= 0.3 is 0 Å². The number of anilines is 1. The van der Waals surface area contributed by atoms with Crippen LogP contribution in [0.2, 0.25) is 0 Å². The zero-order valence-electron chi connectivity index (χ0n) is 12.0. The van der Waals surface area contributed by atoms with Crippen LogP contribution >= 0.6 is 0 Å². The van der Waals surface area contributed by atoms with E-state index < -0.39 is 10.0 Å². The molecule has 1 atom stereocenters. The van der Waals surface area contributed by atoms with Crippen LogP contribution in [0, 0.1) is 5.92 Å². The summed E-state index contributed by atoms with van der Waals surface area (Å²) in [5, 5.41) is 0. The highest BCUT2D eigenvalue weighted by Crippen LogP contribution is 2.27. The van der Waals surface area contributed by atoms with E-state index >= 15 is 0 Å². The summed E-state index contributed by atoms with van der Waals surface area (Å²) >= 11 is 0. The number of nitrogens with two attached hydrogens (primary N) is 1. The molecular formula is C15H24N2O2S. The number of rotatable bonds is 5. The van der Waals surface area contributed by atoms with Crippen LogP contribution in [0.4, 0.5) is 5.69 Å². The van der Waals surface area contributed by atoms with Crippen LogP contribution in [-0.2, 0) is 10.0 Å². The Kier molecular flexibility index (Phi) is 5.05. The molecule has 0 saturated heterocycles. The Hall–Kier alpha value is -1.07. The van der Waals surface area contributed by atoms with Gasteiger partial charge in [0.15, 0.2) is 0 Å². The lowest BCUT2D eigenvalue weighted by molar-refractivity contribution is 0.385. The standard InChI is InChI=1S/C15H24N2O2S/c1-12(16)14-9-5-6-10-15(14)17-20(18,19)11-13-7-3-2-4-8-13/h5-6,9-10,12-13,17H,2-4,7-8,11,16H2,1H3. The second kappa shape index (κ2) is 6.59. The Labute approximate surface area is 121 Å². The molecule has 1 saturated carbocycles. The van der Waals surface area contributed by atoms with E-state index in [9.17, 15) is 8.42 Å². The Morgan fingerprint density at radius 1 is 1.25 bits per heavy atom. The van der Waals surface area contributed by atoms with Crippen molar-refractivity contribution in [2.45, 2.75) is 45.1 Å². The second-order valence-corrected chi connectivity index (χ2v) is 7.53. The molecule has 0 bridgehead atoms. The highest BCUT2D eigenvalue weighted by atomic mass is 32.2. The minimum Gasteiger partial charge on any atom is -0.324 e. The normalized spacial score (nSPS) is 18.7. The van der Waals surface area contributed by atoms with Crippen LogP contribution in [0.25, 0.3) is 0 Å². The summed E-state index contributed by atoms with van der Waals surface area (Å²) in [4.78, 5) is 0. The van der Waals surface area contributed by atoms with Gasteiger partial charge in [0.05, 0.1) is 11.4 Å². The van der Waals surface area contributed by atoms with Gasteiger partial charge in [0.2, 0.25) is 10.0 Å². The summed E-state index contributed by atoms with van der Waals surface area (Å²) in [6.07, 6.45) is 5.58. The third-order valence-electron chi connectivity index (χ3n) is 3.90. The first-order chi connectivity index (χ1) is 9.48. The molecule has 0 radical (unpaired) electrons. The van der Waals surface area contributed by atoms with E-state index in [1.165, 1.54) is 6.42 Å². The van der Waals surface area contributed by atoms with Crippen LogP contribution in [0.1, 0.15) is 50.6 Å². The summed E-state index contributed by atoms with van der Waals surface area (Å²) in [7, 11) is -3.30. The minimum atomic E-state index is -3.30. The van der Waals surface area contributed by atoms with E-state index in [1.807, 2.05) is 25.1 Å². The van der Waals surface area contributed by atoms with Gasteiger partial charge in [0.25, 0.3) is 0 Å². The molecule has 0 amide bonds. The lowest BCUT2D eigenvalue weighted by Gasteiger charge is -2.22. The van der Waals surface area contributed by atoms with Crippen molar-refractivity contribution in [2.75, 3.05) is 10.5 Å². The summed E-state index contributed by atoms with van der Waals surface area (Å²) in [6.45, 7) is 1.86. The third-order valence-corrected chi connectivity index (χ3v) is 5.34. The van der Waals surface area contributed by atoms with E-state index in [2.05, 4.69) is 4.72 Å². The third kappa shape index (κ3) is 4.21. The van der Waals surface area contributed by atoms with Crippen molar-refractivity contribution in [3.8, 4) is 0 Å². The minimum absolute atomic E-state index is 0.191. The van der Waals surface area contributed by atoms with Gasteiger partial charge in [0.1, 0.15) is 0 Å². The predicted molar refractivity (Wildman–Crippen MR) is 83.0 cm³/mol. The first kappa shape index (κ1) is 15.3. The summed E-state index contributed by atoms with van der Waals surface area (Å²) in [5.74, 6) is 0.518. The zero-order valence-corrected chi connectivity index (χ0v) is 12.8. The van der Waals surface area contributed by atoms with Crippen molar-refractivity contribution in [1.29, 1.82) is 0 Å². The molecule has 0 aromatic heterocycles. The van der Waals surface area contributed by atoms with Gasteiger partial charge in [-0.25, -0.2) is 8.42 Å². The van der Waals surface area contributed by atoms with Crippen LogP contribution in [-0.4, -0.2) is 14.2 Å². The monoisotopic (exact) mass is 296 g/mol. The highest BCUT2D eigenvalue weighted by Gasteiger charge is 2.22. The van der Waals surface area contributed by atoms with Gasteiger partial charge in [-0.1, -0.05) is 37.5 Å². The van der Waals surface area contributed by atoms with E-state index in [-0.39, 0.29) is 11.8 Å². The van der Waals surface area contributed by atoms with Crippen LogP contribution in [0.5, 0.6) is 0 Å². The molecule has 4 nitrogen and oxygen atoms in total. The summed E-state index contributed by atoms with van der Waals surface area (Å²) < 4.78 is 27.3. The van der Waals surface area contributed by atoms with Crippen LogP contribution < -0.4 is 10.5 Å². The summed E-state index contributed by atoms with van der Waals surface area (Å²) in [5.41, 5.74) is 7.33. The van der Waals surface area contributed by atoms with Crippen LogP contribution in [0.15, 0.2) is 24.3 Å². The predicted octanol–water partition coefficient (Wildman–Crippen LogP) is 3.03. The number of sulfonamides is 1. The molecule has 0 spiro atoms. The van der Waals surface area contributed by atoms with Gasteiger partial charge in [-0.05, 0) is 37.3 Å². The molecule has 0 heterocycles. The molecule has 1 fully saturated rings. The van der Waals surface area contributed by atoms with Crippen LogP contribution in [0.3, 0.4) is 0 Å².